The molecule has 156 valence electrons. The number of rotatable bonds is 5. The zero-order chi connectivity index (χ0) is 21.2. The number of allylic oxidation sites excluding steroid dienone is 2. The Labute approximate surface area is 192 Å². The average molecular weight is 473 g/mol. The van der Waals surface area contributed by atoms with Crippen molar-refractivity contribution in [3.8, 4) is 5.75 Å². The van der Waals surface area contributed by atoms with Crippen LogP contribution >= 0.6 is 15.9 Å². The standard InChI is InChI=1S/C27H25BrN2O/c1-2-31-26-15-10-18(16-24(26)28)17-29-20-13-11-19(12-14-20)27-23-8-5-7-21(23)22-6-3-4-9-25(22)30-27/h3-7,9-17,21,23,27,30H,2,8H2,1H3/t21-,23-,27-/m0/s1. The second-order valence-electron chi connectivity index (χ2n) is 8.04. The maximum absolute atomic E-state index is 5.58. The summed E-state index contributed by atoms with van der Waals surface area (Å²) in [6.45, 7) is 2.63. The Morgan fingerprint density at radius 1 is 1.10 bits per heavy atom. The van der Waals surface area contributed by atoms with E-state index in [-0.39, 0.29) is 0 Å². The van der Waals surface area contributed by atoms with E-state index in [2.05, 4.69) is 86.9 Å². The number of para-hydroxylation sites is 1. The third kappa shape index (κ3) is 4.05. The van der Waals surface area contributed by atoms with Crippen molar-refractivity contribution in [3.63, 3.8) is 0 Å². The monoisotopic (exact) mass is 472 g/mol. The highest BCUT2D eigenvalue weighted by Crippen LogP contribution is 2.49. The van der Waals surface area contributed by atoms with Crippen molar-refractivity contribution in [2.45, 2.75) is 25.3 Å². The van der Waals surface area contributed by atoms with Gasteiger partial charge in [-0.05, 0) is 88.3 Å². The van der Waals surface area contributed by atoms with Crippen LogP contribution in [-0.4, -0.2) is 12.8 Å². The van der Waals surface area contributed by atoms with Crippen LogP contribution in [0.3, 0.4) is 0 Å². The molecule has 4 heteroatoms. The molecule has 1 aliphatic carbocycles. The van der Waals surface area contributed by atoms with Gasteiger partial charge >= 0.3 is 0 Å². The number of ether oxygens (including phenoxy) is 1. The van der Waals surface area contributed by atoms with Crippen molar-refractivity contribution in [1.82, 2.24) is 0 Å². The van der Waals surface area contributed by atoms with E-state index >= 15 is 0 Å². The number of hydrogen-bond acceptors (Lipinski definition) is 3. The zero-order valence-electron chi connectivity index (χ0n) is 17.5. The van der Waals surface area contributed by atoms with Gasteiger partial charge in [0.1, 0.15) is 5.75 Å². The molecule has 0 spiro atoms. The molecule has 2 aliphatic rings. The average Bonchev–Trinajstić information content (AvgIpc) is 3.30. The quantitative estimate of drug-likeness (QED) is 0.309. The minimum atomic E-state index is 0.315. The molecule has 1 heterocycles. The van der Waals surface area contributed by atoms with Crippen LogP contribution < -0.4 is 10.1 Å². The van der Waals surface area contributed by atoms with E-state index in [9.17, 15) is 0 Å². The van der Waals surface area contributed by atoms with Crippen LogP contribution in [0, 0.1) is 5.92 Å². The lowest BCUT2D eigenvalue weighted by Crippen LogP contribution is -2.28. The Morgan fingerprint density at radius 3 is 2.74 bits per heavy atom. The van der Waals surface area contributed by atoms with Crippen LogP contribution in [0.15, 0.2) is 88.3 Å². The first-order chi connectivity index (χ1) is 15.2. The molecule has 3 nitrogen and oxygen atoms in total. The zero-order valence-corrected chi connectivity index (χ0v) is 19.0. The summed E-state index contributed by atoms with van der Waals surface area (Å²) in [6.07, 6.45) is 7.72. The lowest BCUT2D eigenvalue weighted by molar-refractivity contribution is 0.338. The van der Waals surface area contributed by atoms with Gasteiger partial charge in [0.2, 0.25) is 0 Å². The van der Waals surface area contributed by atoms with Crippen LogP contribution in [0.5, 0.6) is 5.75 Å². The van der Waals surface area contributed by atoms with Crippen LogP contribution in [0.4, 0.5) is 11.4 Å². The van der Waals surface area contributed by atoms with Gasteiger partial charge in [0, 0.05) is 17.8 Å². The molecule has 0 unspecified atom stereocenters. The fraction of sp³-hybridized carbons (Fsp3) is 0.222. The summed E-state index contributed by atoms with van der Waals surface area (Å²) in [5.74, 6) is 1.91. The molecular formula is C27H25BrN2O. The summed E-state index contributed by atoms with van der Waals surface area (Å²) in [6, 6.07) is 23.7. The molecule has 5 rings (SSSR count). The molecule has 0 fully saturated rings. The number of nitrogens with one attached hydrogen (secondary N) is 1. The molecule has 31 heavy (non-hydrogen) atoms. The Hall–Kier alpha value is -2.85. The highest BCUT2D eigenvalue weighted by molar-refractivity contribution is 9.10. The predicted octanol–water partition coefficient (Wildman–Crippen LogP) is 7.42. The van der Waals surface area contributed by atoms with Crippen LogP contribution in [-0.2, 0) is 0 Å². The third-order valence-electron chi connectivity index (χ3n) is 6.14. The Bertz CT molecular complexity index is 1140. The molecule has 1 aliphatic heterocycles. The smallest absolute Gasteiger partial charge is 0.133 e. The van der Waals surface area contributed by atoms with Crippen molar-refractivity contribution in [2.75, 3.05) is 11.9 Å². The van der Waals surface area contributed by atoms with Crippen LogP contribution in [0.1, 0.15) is 42.0 Å². The number of hydrogen-bond donors (Lipinski definition) is 1. The van der Waals surface area contributed by atoms with Crippen molar-refractivity contribution in [3.05, 3.63) is 100 Å². The number of nitrogens with zero attached hydrogens (tertiary/aromatic N) is 1. The molecule has 0 saturated heterocycles. The molecule has 0 saturated carbocycles. The lowest BCUT2D eigenvalue weighted by atomic mass is 9.77. The maximum atomic E-state index is 5.58. The van der Waals surface area contributed by atoms with Crippen molar-refractivity contribution < 1.29 is 4.74 Å². The highest BCUT2D eigenvalue weighted by Gasteiger charge is 2.37. The minimum absolute atomic E-state index is 0.315. The van der Waals surface area contributed by atoms with Crippen molar-refractivity contribution in [2.24, 2.45) is 10.9 Å². The Kier molecular flexibility index (Phi) is 5.65. The predicted molar refractivity (Wildman–Crippen MR) is 132 cm³/mol. The van der Waals surface area contributed by atoms with E-state index in [1.807, 2.05) is 31.3 Å². The number of benzene rings is 3. The second kappa shape index (κ2) is 8.72. The SMILES string of the molecule is CCOc1ccc(C=Nc2ccc([C@@H]3Nc4ccccc4[C@@H]4C=CC[C@@H]43)cc2)cc1Br. The van der Waals surface area contributed by atoms with Crippen LogP contribution in [0.2, 0.25) is 0 Å². The minimum Gasteiger partial charge on any atom is -0.493 e. The Morgan fingerprint density at radius 2 is 1.94 bits per heavy atom. The van der Waals surface area contributed by atoms with Crippen molar-refractivity contribution in [1.29, 1.82) is 0 Å². The maximum Gasteiger partial charge on any atom is 0.133 e. The number of fused-ring (bicyclic) bond motifs is 3. The third-order valence-corrected chi connectivity index (χ3v) is 6.76. The van der Waals surface area contributed by atoms with E-state index in [0.29, 0.717) is 24.5 Å². The molecule has 3 aromatic carbocycles. The van der Waals surface area contributed by atoms with Crippen molar-refractivity contribution >= 4 is 33.5 Å². The summed E-state index contributed by atoms with van der Waals surface area (Å²) < 4.78 is 6.52. The molecular weight excluding hydrogens is 448 g/mol. The molecule has 0 bridgehead atoms. The topological polar surface area (TPSA) is 33.6 Å². The summed E-state index contributed by atoms with van der Waals surface area (Å²) in [4.78, 5) is 4.66. The second-order valence-corrected chi connectivity index (χ2v) is 8.89. The van der Waals surface area contributed by atoms with E-state index in [4.69, 9.17) is 4.74 Å². The van der Waals surface area contributed by atoms with Gasteiger partial charge in [0.15, 0.2) is 0 Å². The largest absolute Gasteiger partial charge is 0.493 e. The highest BCUT2D eigenvalue weighted by atomic mass is 79.9. The van der Waals surface area contributed by atoms with E-state index in [0.717, 1.165) is 27.9 Å². The van der Waals surface area contributed by atoms with E-state index in [1.54, 1.807) is 0 Å². The van der Waals surface area contributed by atoms with Gasteiger partial charge in [0.05, 0.1) is 22.8 Å². The van der Waals surface area contributed by atoms with Gasteiger partial charge in [-0.2, -0.15) is 0 Å². The van der Waals surface area contributed by atoms with Crippen LogP contribution in [0.25, 0.3) is 0 Å². The molecule has 3 aromatic rings. The molecule has 1 N–H and O–H groups in total. The van der Waals surface area contributed by atoms with Gasteiger partial charge < -0.3 is 10.1 Å². The van der Waals surface area contributed by atoms with Gasteiger partial charge in [-0.25, -0.2) is 0 Å². The normalized spacial score (nSPS) is 21.5. The first-order valence-corrected chi connectivity index (χ1v) is 11.6. The van der Waals surface area contributed by atoms with E-state index < -0.39 is 0 Å². The molecule has 0 radical (unpaired) electrons. The Balaban J connectivity index is 1.34. The summed E-state index contributed by atoms with van der Waals surface area (Å²) in [5, 5.41) is 3.79. The molecule has 0 aromatic heterocycles. The first-order valence-electron chi connectivity index (χ1n) is 10.8. The van der Waals surface area contributed by atoms with Gasteiger partial charge in [-0.3, -0.25) is 4.99 Å². The summed E-state index contributed by atoms with van der Waals surface area (Å²) in [5.41, 5.74) is 5.97. The number of anilines is 1. The lowest BCUT2D eigenvalue weighted by Gasteiger charge is -2.37. The first kappa shape index (κ1) is 20.1. The van der Waals surface area contributed by atoms with Gasteiger partial charge in [-0.1, -0.05) is 42.5 Å². The molecule has 0 amide bonds. The fourth-order valence-corrected chi connectivity index (χ4v) is 5.17. The van der Waals surface area contributed by atoms with Gasteiger partial charge in [0.25, 0.3) is 0 Å². The van der Waals surface area contributed by atoms with Gasteiger partial charge in [-0.15, -0.1) is 0 Å². The fourth-order valence-electron chi connectivity index (χ4n) is 4.66. The number of aliphatic imine (C=N–C) groups is 1. The summed E-state index contributed by atoms with van der Waals surface area (Å²) >= 11 is 3.56. The summed E-state index contributed by atoms with van der Waals surface area (Å²) in [7, 11) is 0. The molecule has 3 atom stereocenters. The van der Waals surface area contributed by atoms with E-state index in [1.165, 1.54) is 16.8 Å². The number of halogens is 1.